The van der Waals surface area contributed by atoms with Gasteiger partial charge in [0.25, 0.3) is 5.91 Å². The highest BCUT2D eigenvalue weighted by Crippen LogP contribution is 2.27. The van der Waals surface area contributed by atoms with E-state index in [1.165, 1.54) is 5.56 Å². The summed E-state index contributed by atoms with van der Waals surface area (Å²) < 4.78 is 5.33. The summed E-state index contributed by atoms with van der Waals surface area (Å²) in [6.45, 7) is 3.34. The molecule has 4 nitrogen and oxygen atoms in total. The van der Waals surface area contributed by atoms with Crippen molar-refractivity contribution in [1.29, 1.82) is 0 Å². The topological polar surface area (TPSA) is 50.7 Å². The maximum atomic E-state index is 12.1. The van der Waals surface area contributed by atoms with Crippen molar-refractivity contribution in [3.05, 3.63) is 35.4 Å². The van der Waals surface area contributed by atoms with Gasteiger partial charge in [-0.1, -0.05) is 29.8 Å². The molecule has 1 fully saturated rings. The minimum Gasteiger partial charge on any atom is -0.381 e. The second-order valence-electron chi connectivity index (χ2n) is 4.92. The van der Waals surface area contributed by atoms with Gasteiger partial charge in [-0.3, -0.25) is 9.79 Å². The number of benzene rings is 1. The fourth-order valence-corrected chi connectivity index (χ4v) is 2.42. The van der Waals surface area contributed by atoms with Gasteiger partial charge < -0.3 is 10.1 Å². The number of aryl methyl sites for hydroxylation is 1. The number of aliphatic imine (C=N–C) groups is 1. The monoisotopic (exact) mass is 244 g/mol. The third kappa shape index (κ3) is 1.93. The fourth-order valence-electron chi connectivity index (χ4n) is 2.42. The summed E-state index contributed by atoms with van der Waals surface area (Å²) in [7, 11) is 0. The van der Waals surface area contributed by atoms with Crippen LogP contribution in [0.25, 0.3) is 0 Å². The molecule has 1 aromatic rings. The Hall–Kier alpha value is -1.68. The Morgan fingerprint density at radius 3 is 2.56 bits per heavy atom. The first-order valence-electron chi connectivity index (χ1n) is 6.26. The van der Waals surface area contributed by atoms with Crippen LogP contribution < -0.4 is 5.32 Å². The molecule has 94 valence electrons. The molecule has 2 aliphatic rings. The predicted octanol–water partition coefficient (Wildman–Crippen LogP) is 1.42. The van der Waals surface area contributed by atoms with Gasteiger partial charge in [0, 0.05) is 18.4 Å². The van der Waals surface area contributed by atoms with Gasteiger partial charge in [-0.25, -0.2) is 0 Å². The normalized spacial score (nSPS) is 21.8. The van der Waals surface area contributed by atoms with Crippen LogP contribution in [0.15, 0.2) is 29.3 Å². The van der Waals surface area contributed by atoms with Crippen LogP contribution in [0.5, 0.6) is 0 Å². The molecule has 0 radical (unpaired) electrons. The summed E-state index contributed by atoms with van der Waals surface area (Å²) in [6, 6.07) is 7.90. The van der Waals surface area contributed by atoms with Crippen LogP contribution in [0.4, 0.5) is 0 Å². The summed E-state index contributed by atoms with van der Waals surface area (Å²) >= 11 is 0. The van der Waals surface area contributed by atoms with Crippen LogP contribution in [0.3, 0.4) is 0 Å². The Labute approximate surface area is 106 Å². The molecule has 0 bridgehead atoms. The van der Waals surface area contributed by atoms with Crippen molar-refractivity contribution in [2.75, 3.05) is 13.2 Å². The number of carbonyl (C=O) groups excluding carboxylic acids is 1. The van der Waals surface area contributed by atoms with Crippen molar-refractivity contribution >= 4 is 11.6 Å². The summed E-state index contributed by atoms with van der Waals surface area (Å²) in [6.07, 6.45) is 1.52. The van der Waals surface area contributed by atoms with E-state index in [2.05, 4.69) is 10.3 Å². The molecule has 0 atom stereocenters. The van der Waals surface area contributed by atoms with Crippen molar-refractivity contribution in [3.63, 3.8) is 0 Å². The number of rotatable bonds is 1. The van der Waals surface area contributed by atoms with Crippen LogP contribution in [0.1, 0.15) is 24.0 Å². The molecule has 3 rings (SSSR count). The molecule has 1 aromatic carbocycles. The lowest BCUT2D eigenvalue weighted by atomic mass is 10.0. The summed E-state index contributed by atoms with van der Waals surface area (Å²) in [5.74, 6) is -0.0687. The Morgan fingerprint density at radius 1 is 1.22 bits per heavy atom. The molecule has 18 heavy (non-hydrogen) atoms. The molecule has 1 saturated heterocycles. The van der Waals surface area contributed by atoms with E-state index in [0.29, 0.717) is 18.9 Å². The number of nitrogens with one attached hydrogen (secondary N) is 1. The largest absolute Gasteiger partial charge is 0.381 e. The molecule has 1 spiro atoms. The summed E-state index contributed by atoms with van der Waals surface area (Å²) in [5.41, 5.74) is 2.20. The van der Waals surface area contributed by atoms with Crippen molar-refractivity contribution in [2.45, 2.75) is 25.4 Å². The summed E-state index contributed by atoms with van der Waals surface area (Å²) in [4.78, 5) is 16.7. The van der Waals surface area contributed by atoms with Gasteiger partial charge in [-0.2, -0.15) is 0 Å². The van der Waals surface area contributed by atoms with Gasteiger partial charge in [0.2, 0.25) is 0 Å². The number of hydrogen-bond donors (Lipinski definition) is 1. The van der Waals surface area contributed by atoms with E-state index >= 15 is 0 Å². The Bertz CT molecular complexity index is 499. The zero-order chi connectivity index (χ0) is 12.6. The molecule has 1 N–H and O–H groups in total. The second kappa shape index (κ2) is 4.21. The van der Waals surface area contributed by atoms with Gasteiger partial charge in [0.05, 0.1) is 13.2 Å². The van der Waals surface area contributed by atoms with Crippen LogP contribution in [-0.4, -0.2) is 30.5 Å². The lowest BCUT2D eigenvalue weighted by Gasteiger charge is -2.30. The highest BCUT2D eigenvalue weighted by atomic mass is 16.5. The van der Waals surface area contributed by atoms with E-state index in [-0.39, 0.29) is 5.91 Å². The molecule has 2 aliphatic heterocycles. The first-order valence-corrected chi connectivity index (χ1v) is 6.26. The highest BCUT2D eigenvalue weighted by molar-refractivity contribution is 6.46. The molecular weight excluding hydrogens is 228 g/mol. The first-order chi connectivity index (χ1) is 8.69. The molecule has 2 heterocycles. The number of amides is 1. The van der Waals surface area contributed by atoms with Crippen LogP contribution in [0, 0.1) is 6.92 Å². The molecule has 0 aromatic heterocycles. The van der Waals surface area contributed by atoms with Crippen LogP contribution in [0.2, 0.25) is 0 Å². The number of carbonyl (C=O) groups is 1. The van der Waals surface area contributed by atoms with Gasteiger partial charge in [0.1, 0.15) is 11.4 Å². The zero-order valence-corrected chi connectivity index (χ0v) is 10.4. The molecule has 4 heteroatoms. The minimum atomic E-state index is -0.421. The average Bonchev–Trinajstić information content (AvgIpc) is 2.68. The standard InChI is InChI=1S/C14H16N2O2/c1-10-2-4-11(5-3-10)12-13(17)16-14(15-12)6-8-18-9-7-14/h2-5H,6-9H2,1H3,(H,16,17). The van der Waals surface area contributed by atoms with E-state index < -0.39 is 5.66 Å². The van der Waals surface area contributed by atoms with Crippen LogP contribution in [-0.2, 0) is 9.53 Å². The SMILES string of the molecule is Cc1ccc(C2=NC3(CCOCC3)NC2=O)cc1. The van der Waals surface area contributed by atoms with Crippen LogP contribution >= 0.6 is 0 Å². The summed E-state index contributed by atoms with van der Waals surface area (Å²) in [5, 5.41) is 3.01. The Morgan fingerprint density at radius 2 is 1.89 bits per heavy atom. The van der Waals surface area contributed by atoms with Crippen molar-refractivity contribution in [3.8, 4) is 0 Å². The second-order valence-corrected chi connectivity index (χ2v) is 4.92. The Balaban J connectivity index is 1.93. The smallest absolute Gasteiger partial charge is 0.272 e. The average molecular weight is 244 g/mol. The highest BCUT2D eigenvalue weighted by Gasteiger charge is 2.40. The molecule has 1 amide bonds. The lowest BCUT2D eigenvalue weighted by molar-refractivity contribution is -0.116. The van der Waals surface area contributed by atoms with Crippen molar-refractivity contribution in [1.82, 2.24) is 5.32 Å². The predicted molar refractivity (Wildman–Crippen MR) is 68.6 cm³/mol. The van der Waals surface area contributed by atoms with E-state index in [1.54, 1.807) is 0 Å². The fraction of sp³-hybridized carbons (Fsp3) is 0.429. The van der Waals surface area contributed by atoms with E-state index in [4.69, 9.17) is 4.74 Å². The zero-order valence-electron chi connectivity index (χ0n) is 10.4. The molecule has 0 saturated carbocycles. The molecule has 0 aliphatic carbocycles. The van der Waals surface area contributed by atoms with Crippen molar-refractivity contribution in [2.24, 2.45) is 4.99 Å². The molecule has 0 unspecified atom stereocenters. The van der Waals surface area contributed by atoms with Gasteiger partial charge >= 0.3 is 0 Å². The third-order valence-electron chi connectivity index (χ3n) is 3.53. The minimum absolute atomic E-state index is 0.0687. The number of nitrogens with zero attached hydrogens (tertiary/aromatic N) is 1. The number of ether oxygens (including phenoxy) is 1. The van der Waals surface area contributed by atoms with Gasteiger partial charge in [-0.15, -0.1) is 0 Å². The third-order valence-corrected chi connectivity index (χ3v) is 3.53. The van der Waals surface area contributed by atoms with E-state index in [9.17, 15) is 4.79 Å². The van der Waals surface area contributed by atoms with E-state index in [0.717, 1.165) is 18.4 Å². The van der Waals surface area contributed by atoms with E-state index in [1.807, 2.05) is 31.2 Å². The van der Waals surface area contributed by atoms with Gasteiger partial charge in [-0.05, 0) is 6.92 Å². The Kier molecular flexibility index (Phi) is 2.67. The maximum absolute atomic E-state index is 12.1. The van der Waals surface area contributed by atoms with Crippen molar-refractivity contribution < 1.29 is 9.53 Å². The quantitative estimate of drug-likeness (QED) is 0.812. The number of hydrogen-bond acceptors (Lipinski definition) is 3. The molecular formula is C14H16N2O2. The maximum Gasteiger partial charge on any atom is 0.272 e. The lowest BCUT2D eigenvalue weighted by Crippen LogP contribution is -2.46. The first kappa shape index (κ1) is 11.4. The van der Waals surface area contributed by atoms with Gasteiger partial charge in [0.15, 0.2) is 0 Å².